The third kappa shape index (κ3) is 3.29. The summed E-state index contributed by atoms with van der Waals surface area (Å²) >= 11 is 3.22. The topological polar surface area (TPSA) is 26.3 Å². The Morgan fingerprint density at radius 1 is 1.35 bits per heavy atom. The van der Waals surface area contributed by atoms with Crippen LogP contribution in [0, 0.1) is 5.82 Å². The van der Waals surface area contributed by atoms with Crippen molar-refractivity contribution in [2.45, 2.75) is 51.0 Å². The predicted octanol–water partition coefficient (Wildman–Crippen LogP) is 4.44. The fraction of sp³-hybridized carbons (Fsp3) is 0.562. The Labute approximate surface area is 127 Å². The molecule has 1 aromatic carbocycles. The minimum atomic E-state index is -0.654. The van der Waals surface area contributed by atoms with Crippen molar-refractivity contribution in [2.75, 3.05) is 6.61 Å². The molecule has 1 saturated carbocycles. The summed E-state index contributed by atoms with van der Waals surface area (Å²) in [6.07, 6.45) is 5.00. The number of carbonyl (C=O) groups excluding carboxylic acids is 1. The Kier molecular flexibility index (Phi) is 5.33. The van der Waals surface area contributed by atoms with E-state index >= 15 is 0 Å². The number of hydrogen-bond donors (Lipinski definition) is 0. The maximum atomic E-state index is 13.5. The normalized spacial score (nSPS) is 17.9. The van der Waals surface area contributed by atoms with Gasteiger partial charge in [-0.15, -0.1) is 0 Å². The third-order valence-electron chi connectivity index (χ3n) is 3.97. The molecule has 0 amide bonds. The van der Waals surface area contributed by atoms with Gasteiger partial charge in [0.2, 0.25) is 0 Å². The molecule has 1 aliphatic carbocycles. The second-order valence-electron chi connectivity index (χ2n) is 5.30. The highest BCUT2D eigenvalue weighted by Crippen LogP contribution is 2.34. The van der Waals surface area contributed by atoms with Crippen molar-refractivity contribution in [3.63, 3.8) is 0 Å². The highest BCUT2D eigenvalue weighted by molar-refractivity contribution is 9.10. The Hall–Kier alpha value is -0.740. The van der Waals surface area contributed by atoms with Crippen LogP contribution in [0.15, 0.2) is 22.7 Å². The van der Waals surface area contributed by atoms with Gasteiger partial charge in [-0.3, -0.25) is 4.79 Å². The molecule has 0 N–H and O–H groups in total. The molecular formula is C16H20BrFO2. The summed E-state index contributed by atoms with van der Waals surface area (Å²) in [6.45, 7) is 2.46. The van der Waals surface area contributed by atoms with Crippen LogP contribution >= 0.6 is 15.9 Å². The zero-order valence-electron chi connectivity index (χ0n) is 11.8. The van der Waals surface area contributed by atoms with Gasteiger partial charge in [-0.25, -0.2) is 4.39 Å². The van der Waals surface area contributed by atoms with E-state index < -0.39 is 5.60 Å². The van der Waals surface area contributed by atoms with E-state index in [1.165, 1.54) is 6.07 Å². The van der Waals surface area contributed by atoms with Crippen LogP contribution in [0.25, 0.3) is 0 Å². The van der Waals surface area contributed by atoms with Crippen molar-refractivity contribution in [3.8, 4) is 0 Å². The quantitative estimate of drug-likeness (QED) is 0.790. The molecule has 1 aliphatic rings. The van der Waals surface area contributed by atoms with E-state index in [0.29, 0.717) is 16.6 Å². The first kappa shape index (κ1) is 15.6. The minimum absolute atomic E-state index is 0.0744. The summed E-state index contributed by atoms with van der Waals surface area (Å²) in [5.74, 6) is -0.255. The van der Waals surface area contributed by atoms with Crippen LogP contribution in [0.5, 0.6) is 0 Å². The Balaban J connectivity index is 2.18. The zero-order valence-corrected chi connectivity index (χ0v) is 13.3. The van der Waals surface area contributed by atoms with Crippen LogP contribution in [0.4, 0.5) is 4.39 Å². The summed E-state index contributed by atoms with van der Waals surface area (Å²) in [7, 11) is 0. The van der Waals surface area contributed by atoms with Gasteiger partial charge in [0.1, 0.15) is 11.4 Å². The highest BCUT2D eigenvalue weighted by Gasteiger charge is 2.39. The van der Waals surface area contributed by atoms with Crippen molar-refractivity contribution in [2.24, 2.45) is 0 Å². The standard InChI is InChI=1S/C16H20BrFO2/c1-2-20-16(9-4-3-5-10-16)14(19)11-12-7-6-8-13(18)15(12)17/h6-8H,2-5,9-11H2,1H3. The van der Waals surface area contributed by atoms with Crippen molar-refractivity contribution in [1.82, 2.24) is 0 Å². The maximum absolute atomic E-state index is 13.5. The van der Waals surface area contributed by atoms with E-state index in [2.05, 4.69) is 15.9 Å². The number of ketones is 1. The first-order valence-electron chi connectivity index (χ1n) is 7.19. The van der Waals surface area contributed by atoms with Crippen molar-refractivity contribution in [3.05, 3.63) is 34.1 Å². The van der Waals surface area contributed by atoms with E-state index in [9.17, 15) is 9.18 Å². The van der Waals surface area contributed by atoms with Crippen molar-refractivity contribution < 1.29 is 13.9 Å². The van der Waals surface area contributed by atoms with Crippen LogP contribution in [-0.2, 0) is 16.0 Å². The lowest BCUT2D eigenvalue weighted by Crippen LogP contribution is -2.44. The monoisotopic (exact) mass is 342 g/mol. The summed E-state index contributed by atoms with van der Waals surface area (Å²) in [4.78, 5) is 12.7. The summed E-state index contributed by atoms with van der Waals surface area (Å²) in [5, 5.41) is 0. The lowest BCUT2D eigenvalue weighted by molar-refractivity contribution is -0.148. The molecular weight excluding hydrogens is 323 g/mol. The van der Waals surface area contributed by atoms with Gasteiger partial charge in [-0.2, -0.15) is 0 Å². The van der Waals surface area contributed by atoms with E-state index in [4.69, 9.17) is 4.74 Å². The smallest absolute Gasteiger partial charge is 0.169 e. The zero-order chi connectivity index (χ0) is 14.6. The Bertz CT molecular complexity index is 476. The molecule has 0 atom stereocenters. The molecule has 0 unspecified atom stereocenters. The molecule has 2 nitrogen and oxygen atoms in total. The molecule has 4 heteroatoms. The molecule has 0 aliphatic heterocycles. The van der Waals surface area contributed by atoms with Crippen molar-refractivity contribution >= 4 is 21.7 Å². The van der Waals surface area contributed by atoms with E-state index in [1.54, 1.807) is 12.1 Å². The van der Waals surface area contributed by atoms with Crippen molar-refractivity contribution in [1.29, 1.82) is 0 Å². The first-order valence-corrected chi connectivity index (χ1v) is 7.98. The molecule has 0 spiro atoms. The maximum Gasteiger partial charge on any atom is 0.169 e. The van der Waals surface area contributed by atoms with Crippen LogP contribution in [-0.4, -0.2) is 18.0 Å². The largest absolute Gasteiger partial charge is 0.367 e. The number of ether oxygens (including phenoxy) is 1. The van der Waals surface area contributed by atoms with Crippen LogP contribution in [0.3, 0.4) is 0 Å². The SMILES string of the molecule is CCOC1(C(=O)Cc2cccc(F)c2Br)CCCCC1. The summed E-state index contributed by atoms with van der Waals surface area (Å²) in [5.41, 5.74) is 0.0401. The van der Waals surface area contributed by atoms with Gasteiger partial charge in [-0.05, 0) is 47.3 Å². The Morgan fingerprint density at radius 2 is 2.05 bits per heavy atom. The molecule has 2 rings (SSSR count). The lowest BCUT2D eigenvalue weighted by atomic mass is 9.79. The average Bonchev–Trinajstić information content (AvgIpc) is 2.45. The first-order chi connectivity index (χ1) is 9.59. The van der Waals surface area contributed by atoms with Gasteiger partial charge in [0.05, 0.1) is 4.47 Å². The highest BCUT2D eigenvalue weighted by atomic mass is 79.9. The van der Waals surface area contributed by atoms with Gasteiger partial charge < -0.3 is 4.74 Å². The van der Waals surface area contributed by atoms with Gasteiger partial charge in [-0.1, -0.05) is 31.4 Å². The Morgan fingerprint density at radius 3 is 2.70 bits per heavy atom. The summed E-state index contributed by atoms with van der Waals surface area (Å²) in [6, 6.07) is 4.81. The molecule has 1 aromatic rings. The van der Waals surface area contributed by atoms with E-state index in [1.807, 2.05) is 6.92 Å². The molecule has 0 heterocycles. The van der Waals surface area contributed by atoms with Gasteiger partial charge in [0.15, 0.2) is 5.78 Å². The van der Waals surface area contributed by atoms with Crippen LogP contribution < -0.4 is 0 Å². The van der Waals surface area contributed by atoms with E-state index in [-0.39, 0.29) is 18.0 Å². The molecule has 20 heavy (non-hydrogen) atoms. The number of Topliss-reactive ketones (excluding diaryl/α,β-unsaturated/α-hetero) is 1. The number of carbonyl (C=O) groups is 1. The average molecular weight is 343 g/mol. The molecule has 0 bridgehead atoms. The van der Waals surface area contributed by atoms with E-state index in [0.717, 1.165) is 32.1 Å². The molecule has 0 radical (unpaired) electrons. The number of hydrogen-bond acceptors (Lipinski definition) is 2. The van der Waals surface area contributed by atoms with Gasteiger partial charge in [0, 0.05) is 13.0 Å². The second kappa shape index (κ2) is 6.81. The number of halogens is 2. The predicted molar refractivity (Wildman–Crippen MR) is 80.3 cm³/mol. The van der Waals surface area contributed by atoms with Crippen LogP contribution in [0.2, 0.25) is 0 Å². The van der Waals surface area contributed by atoms with Gasteiger partial charge >= 0.3 is 0 Å². The molecule has 110 valence electrons. The fourth-order valence-corrected chi connectivity index (χ4v) is 3.33. The minimum Gasteiger partial charge on any atom is -0.367 e. The third-order valence-corrected chi connectivity index (χ3v) is 4.86. The lowest BCUT2D eigenvalue weighted by Gasteiger charge is -2.35. The summed E-state index contributed by atoms with van der Waals surface area (Å²) < 4.78 is 19.7. The molecule has 0 saturated heterocycles. The number of benzene rings is 1. The molecule has 1 fully saturated rings. The molecule has 0 aromatic heterocycles. The van der Waals surface area contributed by atoms with Crippen LogP contribution in [0.1, 0.15) is 44.6 Å². The number of rotatable bonds is 5. The second-order valence-corrected chi connectivity index (χ2v) is 6.09. The fourth-order valence-electron chi connectivity index (χ4n) is 2.92. The van der Waals surface area contributed by atoms with Gasteiger partial charge in [0.25, 0.3) is 0 Å².